The van der Waals surface area contributed by atoms with Gasteiger partial charge in [0, 0.05) is 17.0 Å². The Labute approximate surface area is 70.5 Å². The van der Waals surface area contributed by atoms with Crippen molar-refractivity contribution in [3.8, 4) is 11.8 Å². The molecule has 0 N–H and O–H groups in total. The monoisotopic (exact) mass is 163 g/mol. The highest BCUT2D eigenvalue weighted by Gasteiger charge is 2.17. The van der Waals surface area contributed by atoms with E-state index in [0.717, 1.165) is 10.7 Å². The average Bonchev–Trinajstić information content (AvgIpc) is 2.72. The van der Waals surface area contributed by atoms with E-state index in [-0.39, 0.29) is 0 Å². The van der Waals surface area contributed by atoms with E-state index in [4.69, 9.17) is 0 Å². The summed E-state index contributed by atoms with van der Waals surface area (Å²) in [5.41, 5.74) is 1.08. The van der Waals surface area contributed by atoms with E-state index in [1.165, 1.54) is 12.8 Å². The minimum absolute atomic E-state index is 0.680. The molecule has 1 aliphatic rings. The summed E-state index contributed by atoms with van der Waals surface area (Å²) in [7, 11) is 0. The number of hydrogen-bond donors (Lipinski definition) is 0. The first-order valence-corrected chi connectivity index (χ1v) is 4.66. The molecule has 2 rings (SSSR count). The molecule has 1 heterocycles. The van der Waals surface area contributed by atoms with Crippen LogP contribution in [0.2, 0.25) is 0 Å². The molecule has 0 saturated heterocycles. The van der Waals surface area contributed by atoms with Gasteiger partial charge in [-0.05, 0) is 25.7 Å². The molecule has 1 saturated carbocycles. The number of rotatable bonds is 0. The zero-order valence-corrected chi connectivity index (χ0v) is 7.24. The molecular formula is C9H9NS. The summed E-state index contributed by atoms with van der Waals surface area (Å²) in [5, 5.41) is 3.01. The Morgan fingerprint density at radius 2 is 2.45 bits per heavy atom. The van der Waals surface area contributed by atoms with Gasteiger partial charge in [0.05, 0.1) is 0 Å². The predicted molar refractivity (Wildman–Crippen MR) is 46.5 cm³/mol. The largest absolute Gasteiger partial charge is 0.233 e. The molecule has 1 aromatic rings. The van der Waals surface area contributed by atoms with Gasteiger partial charge in [0.2, 0.25) is 0 Å². The van der Waals surface area contributed by atoms with Crippen molar-refractivity contribution < 1.29 is 0 Å². The summed E-state index contributed by atoms with van der Waals surface area (Å²) in [6, 6.07) is 0. The lowest BCUT2D eigenvalue weighted by Gasteiger charge is -1.75. The molecule has 0 aliphatic heterocycles. The van der Waals surface area contributed by atoms with Crippen molar-refractivity contribution in [2.75, 3.05) is 0 Å². The third-order valence-electron chi connectivity index (χ3n) is 1.58. The van der Waals surface area contributed by atoms with E-state index in [2.05, 4.69) is 16.8 Å². The maximum Gasteiger partial charge on any atom is 0.167 e. The second-order valence-corrected chi connectivity index (χ2v) is 3.70. The van der Waals surface area contributed by atoms with Crippen molar-refractivity contribution in [3.05, 3.63) is 16.1 Å². The summed E-state index contributed by atoms with van der Waals surface area (Å²) < 4.78 is 0. The summed E-state index contributed by atoms with van der Waals surface area (Å²) in [5.74, 6) is 6.95. The third kappa shape index (κ3) is 1.81. The van der Waals surface area contributed by atoms with Crippen molar-refractivity contribution in [1.82, 2.24) is 4.98 Å². The van der Waals surface area contributed by atoms with Crippen molar-refractivity contribution in [2.45, 2.75) is 19.8 Å². The van der Waals surface area contributed by atoms with E-state index >= 15 is 0 Å². The molecule has 1 aliphatic carbocycles. The van der Waals surface area contributed by atoms with Crippen molar-refractivity contribution >= 4 is 11.3 Å². The van der Waals surface area contributed by atoms with Crippen LogP contribution < -0.4 is 0 Å². The van der Waals surface area contributed by atoms with E-state index in [1.54, 1.807) is 11.3 Å². The summed E-state index contributed by atoms with van der Waals surface area (Å²) in [6.45, 7) is 2.00. The molecule has 0 bridgehead atoms. The molecule has 11 heavy (non-hydrogen) atoms. The molecule has 2 heteroatoms. The van der Waals surface area contributed by atoms with E-state index in [1.807, 2.05) is 12.3 Å². The van der Waals surface area contributed by atoms with Crippen molar-refractivity contribution in [2.24, 2.45) is 5.92 Å². The van der Waals surface area contributed by atoms with Crippen LogP contribution in [0.1, 0.15) is 23.5 Å². The smallest absolute Gasteiger partial charge is 0.167 e. The quantitative estimate of drug-likeness (QED) is 0.534. The van der Waals surface area contributed by atoms with Gasteiger partial charge in [-0.3, -0.25) is 0 Å². The van der Waals surface area contributed by atoms with Gasteiger partial charge in [0.25, 0.3) is 0 Å². The lowest BCUT2D eigenvalue weighted by Crippen LogP contribution is -1.72. The zero-order valence-electron chi connectivity index (χ0n) is 6.42. The van der Waals surface area contributed by atoms with Crippen LogP contribution in [0, 0.1) is 24.7 Å². The van der Waals surface area contributed by atoms with Crippen molar-refractivity contribution in [1.29, 1.82) is 0 Å². The topological polar surface area (TPSA) is 12.9 Å². The molecule has 56 valence electrons. The van der Waals surface area contributed by atoms with Crippen LogP contribution in [0.5, 0.6) is 0 Å². The van der Waals surface area contributed by atoms with Crippen LogP contribution in [0.3, 0.4) is 0 Å². The van der Waals surface area contributed by atoms with Crippen LogP contribution in [-0.4, -0.2) is 4.98 Å². The summed E-state index contributed by atoms with van der Waals surface area (Å²) >= 11 is 1.63. The SMILES string of the molecule is Cc1csc(C#CC2CC2)n1. The van der Waals surface area contributed by atoms with E-state index in [0.29, 0.717) is 5.92 Å². The predicted octanol–water partition coefficient (Wildman–Crippen LogP) is 2.21. The van der Waals surface area contributed by atoms with Crippen molar-refractivity contribution in [3.63, 3.8) is 0 Å². The second kappa shape index (κ2) is 2.67. The highest BCUT2D eigenvalue weighted by atomic mass is 32.1. The number of aromatic nitrogens is 1. The molecular weight excluding hydrogens is 154 g/mol. The zero-order chi connectivity index (χ0) is 7.68. The van der Waals surface area contributed by atoms with Crippen LogP contribution in [0.25, 0.3) is 0 Å². The van der Waals surface area contributed by atoms with Gasteiger partial charge in [-0.25, -0.2) is 4.98 Å². The maximum absolute atomic E-state index is 4.26. The minimum atomic E-state index is 0.680. The molecule has 0 radical (unpaired) electrons. The first-order valence-electron chi connectivity index (χ1n) is 3.78. The van der Waals surface area contributed by atoms with Crippen LogP contribution in [0.15, 0.2) is 5.38 Å². The molecule has 1 nitrogen and oxygen atoms in total. The van der Waals surface area contributed by atoms with Gasteiger partial charge in [0.15, 0.2) is 5.01 Å². The molecule has 1 fully saturated rings. The van der Waals surface area contributed by atoms with Gasteiger partial charge < -0.3 is 0 Å². The summed E-state index contributed by atoms with van der Waals surface area (Å²) in [4.78, 5) is 4.26. The molecule has 0 spiro atoms. The van der Waals surface area contributed by atoms with E-state index in [9.17, 15) is 0 Å². The fraction of sp³-hybridized carbons (Fsp3) is 0.444. The lowest BCUT2D eigenvalue weighted by atomic mass is 10.4. The average molecular weight is 163 g/mol. The maximum atomic E-state index is 4.26. The number of hydrogen-bond acceptors (Lipinski definition) is 2. The first kappa shape index (κ1) is 6.87. The lowest BCUT2D eigenvalue weighted by molar-refractivity contribution is 1.18. The normalized spacial score (nSPS) is 15.7. The van der Waals surface area contributed by atoms with Gasteiger partial charge in [0.1, 0.15) is 0 Å². The second-order valence-electron chi connectivity index (χ2n) is 2.84. The van der Waals surface area contributed by atoms with Crippen LogP contribution >= 0.6 is 11.3 Å². The minimum Gasteiger partial charge on any atom is -0.233 e. The van der Waals surface area contributed by atoms with Crippen LogP contribution in [-0.2, 0) is 0 Å². The first-order chi connectivity index (χ1) is 5.34. The molecule has 0 amide bonds. The van der Waals surface area contributed by atoms with Gasteiger partial charge >= 0.3 is 0 Å². The fourth-order valence-electron chi connectivity index (χ4n) is 0.803. The Bertz CT molecular complexity index is 312. The van der Waals surface area contributed by atoms with Gasteiger partial charge in [-0.2, -0.15) is 0 Å². The van der Waals surface area contributed by atoms with Gasteiger partial charge in [-0.15, -0.1) is 11.3 Å². The van der Waals surface area contributed by atoms with E-state index < -0.39 is 0 Å². The van der Waals surface area contributed by atoms with Crippen LogP contribution in [0.4, 0.5) is 0 Å². The molecule has 1 aromatic heterocycles. The number of thiazole rings is 1. The Kier molecular flexibility index (Phi) is 1.67. The molecule has 0 aromatic carbocycles. The highest BCUT2D eigenvalue weighted by Crippen LogP contribution is 2.27. The highest BCUT2D eigenvalue weighted by molar-refractivity contribution is 7.10. The fourth-order valence-corrected chi connectivity index (χ4v) is 1.45. The standard InChI is InChI=1S/C9H9NS/c1-7-6-11-9(10-7)5-4-8-2-3-8/h6,8H,2-3H2,1H3. The number of aryl methyl sites for hydroxylation is 1. The third-order valence-corrected chi connectivity index (χ3v) is 2.46. The Hall–Kier alpha value is -0.810. The Morgan fingerprint density at radius 3 is 3.00 bits per heavy atom. The molecule has 0 unspecified atom stereocenters. The number of nitrogens with zero attached hydrogens (tertiary/aromatic N) is 1. The Balaban J connectivity index is 2.12. The molecule has 0 atom stereocenters. The Morgan fingerprint density at radius 1 is 1.64 bits per heavy atom. The summed E-state index contributed by atoms with van der Waals surface area (Å²) in [6.07, 6.45) is 2.58. The van der Waals surface area contributed by atoms with Gasteiger partial charge in [-0.1, -0.05) is 5.92 Å².